The van der Waals surface area contributed by atoms with Gasteiger partial charge in [0.15, 0.2) is 0 Å². The predicted molar refractivity (Wildman–Crippen MR) is 90.4 cm³/mol. The average molecular weight is 349 g/mol. The van der Waals surface area contributed by atoms with Crippen molar-refractivity contribution in [3.05, 3.63) is 63.6 Å². The van der Waals surface area contributed by atoms with Gasteiger partial charge < -0.3 is 4.74 Å². The van der Waals surface area contributed by atoms with Crippen LogP contribution in [0.1, 0.15) is 42.5 Å². The van der Waals surface area contributed by atoms with Gasteiger partial charge in [-0.05, 0) is 29.2 Å². The third kappa shape index (κ3) is 3.64. The Morgan fingerprint density at radius 2 is 1.67 bits per heavy atom. The highest BCUT2D eigenvalue weighted by Crippen LogP contribution is 2.32. The van der Waals surface area contributed by atoms with Gasteiger partial charge in [0.25, 0.3) is 0 Å². The molecule has 1 unspecified atom stereocenters. The molecule has 0 amide bonds. The zero-order valence-electron chi connectivity index (χ0n) is 12.6. The van der Waals surface area contributed by atoms with Crippen molar-refractivity contribution in [3.63, 3.8) is 0 Å². The summed E-state index contributed by atoms with van der Waals surface area (Å²) in [6.07, 6.45) is 0. The molecule has 0 bridgehead atoms. The fraction of sp³-hybridized carbons (Fsp3) is 0.294. The number of hydrogen-bond acceptors (Lipinski definition) is 3. The number of nitrogens with one attached hydrogen (secondary N) is 1. The first-order chi connectivity index (χ1) is 10.1. The van der Waals surface area contributed by atoms with Crippen LogP contribution in [-0.4, -0.2) is 7.11 Å². The van der Waals surface area contributed by atoms with E-state index >= 15 is 0 Å². The van der Waals surface area contributed by atoms with Crippen LogP contribution in [-0.2, 0) is 0 Å². The van der Waals surface area contributed by atoms with Crippen molar-refractivity contribution in [2.45, 2.75) is 25.8 Å². The Morgan fingerprint density at radius 1 is 1.05 bits per heavy atom. The van der Waals surface area contributed by atoms with Crippen LogP contribution in [0, 0.1) is 0 Å². The van der Waals surface area contributed by atoms with Gasteiger partial charge in [-0.15, -0.1) is 0 Å². The van der Waals surface area contributed by atoms with Crippen molar-refractivity contribution >= 4 is 15.9 Å². The minimum absolute atomic E-state index is 0.103. The van der Waals surface area contributed by atoms with Crippen molar-refractivity contribution in [1.29, 1.82) is 0 Å². The highest BCUT2D eigenvalue weighted by Gasteiger charge is 2.17. The third-order valence-corrected chi connectivity index (χ3v) is 4.10. The maximum atomic E-state index is 5.78. The molecule has 4 heteroatoms. The second kappa shape index (κ2) is 7.07. The SMILES string of the molecule is COc1cc(Br)ccc1C(NN)c1ccc(C(C)C)cc1. The summed E-state index contributed by atoms with van der Waals surface area (Å²) in [5.41, 5.74) is 6.33. The highest BCUT2D eigenvalue weighted by molar-refractivity contribution is 9.10. The zero-order valence-corrected chi connectivity index (χ0v) is 14.1. The van der Waals surface area contributed by atoms with E-state index in [4.69, 9.17) is 10.6 Å². The van der Waals surface area contributed by atoms with E-state index in [-0.39, 0.29) is 6.04 Å². The number of hydrazine groups is 1. The summed E-state index contributed by atoms with van der Waals surface area (Å²) in [6, 6.07) is 14.4. The fourth-order valence-corrected chi connectivity index (χ4v) is 2.70. The lowest BCUT2D eigenvalue weighted by Crippen LogP contribution is -2.29. The van der Waals surface area contributed by atoms with Gasteiger partial charge in [-0.1, -0.05) is 60.1 Å². The lowest BCUT2D eigenvalue weighted by Gasteiger charge is -2.20. The van der Waals surface area contributed by atoms with Crippen LogP contribution in [0.15, 0.2) is 46.9 Å². The van der Waals surface area contributed by atoms with Crippen molar-refractivity contribution in [3.8, 4) is 5.75 Å². The van der Waals surface area contributed by atoms with E-state index in [0.717, 1.165) is 21.3 Å². The van der Waals surface area contributed by atoms with Gasteiger partial charge in [0, 0.05) is 10.0 Å². The van der Waals surface area contributed by atoms with Gasteiger partial charge >= 0.3 is 0 Å². The Kier molecular flexibility index (Phi) is 5.39. The molecule has 1 atom stereocenters. The van der Waals surface area contributed by atoms with Crippen LogP contribution in [0.25, 0.3) is 0 Å². The molecule has 0 fully saturated rings. The van der Waals surface area contributed by atoms with E-state index in [2.05, 4.69) is 59.5 Å². The molecule has 2 aromatic rings. The molecule has 0 radical (unpaired) electrons. The molecule has 2 aromatic carbocycles. The van der Waals surface area contributed by atoms with E-state index in [1.807, 2.05) is 18.2 Å². The van der Waals surface area contributed by atoms with Gasteiger partial charge in [-0.2, -0.15) is 0 Å². The maximum absolute atomic E-state index is 5.78. The van der Waals surface area contributed by atoms with E-state index in [1.165, 1.54) is 5.56 Å². The van der Waals surface area contributed by atoms with Crippen LogP contribution >= 0.6 is 15.9 Å². The summed E-state index contributed by atoms with van der Waals surface area (Å²) in [5, 5.41) is 0. The fourth-order valence-electron chi connectivity index (χ4n) is 2.36. The molecule has 0 saturated carbocycles. The first-order valence-electron chi connectivity index (χ1n) is 6.96. The van der Waals surface area contributed by atoms with Crippen molar-refractivity contribution < 1.29 is 4.74 Å². The molecular weight excluding hydrogens is 328 g/mol. The zero-order chi connectivity index (χ0) is 15.4. The van der Waals surface area contributed by atoms with E-state index in [9.17, 15) is 0 Å². The highest BCUT2D eigenvalue weighted by atomic mass is 79.9. The third-order valence-electron chi connectivity index (χ3n) is 3.61. The Balaban J connectivity index is 2.39. The molecular formula is C17H21BrN2O. The van der Waals surface area contributed by atoms with Crippen molar-refractivity contribution in [2.75, 3.05) is 7.11 Å². The lowest BCUT2D eigenvalue weighted by molar-refractivity contribution is 0.404. The Morgan fingerprint density at radius 3 is 2.19 bits per heavy atom. The Bertz CT molecular complexity index is 596. The van der Waals surface area contributed by atoms with Crippen LogP contribution < -0.4 is 16.0 Å². The van der Waals surface area contributed by atoms with Crippen LogP contribution in [0.4, 0.5) is 0 Å². The Hall–Kier alpha value is -1.36. The van der Waals surface area contributed by atoms with Gasteiger partial charge in [0.2, 0.25) is 0 Å². The standard InChI is InChI=1S/C17H21BrN2O/c1-11(2)12-4-6-13(7-5-12)17(20-19)15-9-8-14(18)10-16(15)21-3/h4-11,17,20H,19H2,1-3H3. The smallest absolute Gasteiger partial charge is 0.125 e. The molecule has 0 aromatic heterocycles. The van der Waals surface area contributed by atoms with Crippen molar-refractivity contribution in [2.24, 2.45) is 5.84 Å². The predicted octanol–water partition coefficient (Wildman–Crippen LogP) is 4.13. The largest absolute Gasteiger partial charge is 0.496 e. The van der Waals surface area contributed by atoms with Gasteiger partial charge in [0.05, 0.1) is 13.2 Å². The van der Waals surface area contributed by atoms with Gasteiger partial charge in [-0.3, -0.25) is 5.84 Å². The molecule has 0 aliphatic rings. The van der Waals surface area contributed by atoms with Gasteiger partial charge in [-0.25, -0.2) is 5.43 Å². The molecule has 0 aliphatic carbocycles. The van der Waals surface area contributed by atoms with E-state index in [1.54, 1.807) is 7.11 Å². The van der Waals surface area contributed by atoms with Crippen LogP contribution in [0.3, 0.4) is 0 Å². The topological polar surface area (TPSA) is 47.3 Å². The molecule has 21 heavy (non-hydrogen) atoms. The molecule has 112 valence electrons. The summed E-state index contributed by atoms with van der Waals surface area (Å²) in [7, 11) is 1.67. The summed E-state index contributed by atoms with van der Waals surface area (Å²) >= 11 is 3.46. The number of nitrogens with two attached hydrogens (primary N) is 1. The molecule has 0 heterocycles. The van der Waals surface area contributed by atoms with Gasteiger partial charge in [0.1, 0.15) is 5.75 Å². The monoisotopic (exact) mass is 348 g/mol. The number of rotatable bonds is 5. The second-order valence-electron chi connectivity index (χ2n) is 5.31. The number of methoxy groups -OCH3 is 1. The first kappa shape index (κ1) is 16.0. The van der Waals surface area contributed by atoms with Crippen LogP contribution in [0.2, 0.25) is 0 Å². The minimum Gasteiger partial charge on any atom is -0.496 e. The average Bonchev–Trinajstić information content (AvgIpc) is 2.49. The number of halogens is 1. The molecule has 0 saturated heterocycles. The van der Waals surface area contributed by atoms with Crippen molar-refractivity contribution in [1.82, 2.24) is 5.43 Å². The summed E-state index contributed by atoms with van der Waals surface area (Å²) in [6.45, 7) is 4.37. The number of hydrogen-bond donors (Lipinski definition) is 2. The molecule has 0 aliphatic heterocycles. The number of benzene rings is 2. The number of ether oxygens (including phenoxy) is 1. The van der Waals surface area contributed by atoms with Crippen LogP contribution in [0.5, 0.6) is 5.75 Å². The molecule has 3 nitrogen and oxygen atoms in total. The first-order valence-corrected chi connectivity index (χ1v) is 7.75. The molecule has 0 spiro atoms. The molecule has 3 N–H and O–H groups in total. The summed E-state index contributed by atoms with van der Waals surface area (Å²) < 4.78 is 6.45. The summed E-state index contributed by atoms with van der Waals surface area (Å²) in [4.78, 5) is 0. The van der Waals surface area contributed by atoms with E-state index in [0.29, 0.717) is 5.92 Å². The quantitative estimate of drug-likeness (QED) is 0.630. The van der Waals surface area contributed by atoms with E-state index < -0.39 is 0 Å². The Labute approximate surface area is 134 Å². The summed E-state index contributed by atoms with van der Waals surface area (Å²) in [5.74, 6) is 7.10. The normalized spacial score (nSPS) is 12.5. The minimum atomic E-state index is -0.103. The second-order valence-corrected chi connectivity index (χ2v) is 6.22. The lowest BCUT2D eigenvalue weighted by atomic mass is 9.95. The maximum Gasteiger partial charge on any atom is 0.125 e. The molecule has 2 rings (SSSR count).